The van der Waals surface area contributed by atoms with Gasteiger partial charge in [0.2, 0.25) is 5.91 Å². The third-order valence-corrected chi connectivity index (χ3v) is 5.75. The summed E-state index contributed by atoms with van der Waals surface area (Å²) in [6.07, 6.45) is 1.87. The molecule has 0 aliphatic carbocycles. The van der Waals surface area contributed by atoms with Crippen LogP contribution >= 0.6 is 22.9 Å². The fraction of sp³-hybridized carbons (Fsp3) is 0.474. The Morgan fingerprint density at radius 2 is 2.04 bits per heavy atom. The van der Waals surface area contributed by atoms with Gasteiger partial charge in [0.1, 0.15) is 0 Å². The highest BCUT2D eigenvalue weighted by Crippen LogP contribution is 2.21. The van der Waals surface area contributed by atoms with Crippen LogP contribution in [-0.2, 0) is 11.2 Å². The number of nitrogens with zero attached hydrogens (tertiary/aromatic N) is 3. The van der Waals surface area contributed by atoms with Crippen molar-refractivity contribution < 1.29 is 4.79 Å². The number of aryl methyl sites for hydroxylation is 1. The SMILES string of the molecule is Cc1csc(N2CCCN(CC(=O)NCCc3ccc(Cl)cc3)CC2)n1. The number of hydrogen-bond donors (Lipinski definition) is 1. The Bertz CT molecular complexity index is 719. The van der Waals surface area contributed by atoms with Crippen LogP contribution in [0.1, 0.15) is 17.7 Å². The van der Waals surface area contributed by atoms with Gasteiger partial charge in [0.05, 0.1) is 12.2 Å². The number of thiazole rings is 1. The van der Waals surface area contributed by atoms with Gasteiger partial charge in [0.25, 0.3) is 0 Å². The lowest BCUT2D eigenvalue weighted by atomic mass is 10.1. The van der Waals surface area contributed by atoms with Crippen molar-refractivity contribution in [2.45, 2.75) is 19.8 Å². The Labute approximate surface area is 164 Å². The number of rotatable bonds is 6. The molecule has 2 aromatic rings. The average molecular weight is 393 g/mol. The molecule has 1 saturated heterocycles. The fourth-order valence-electron chi connectivity index (χ4n) is 3.06. The van der Waals surface area contributed by atoms with Crippen LogP contribution in [0.15, 0.2) is 29.6 Å². The zero-order valence-corrected chi connectivity index (χ0v) is 16.7. The lowest BCUT2D eigenvalue weighted by molar-refractivity contribution is -0.122. The van der Waals surface area contributed by atoms with Gasteiger partial charge < -0.3 is 10.2 Å². The first kappa shape index (κ1) is 19.1. The van der Waals surface area contributed by atoms with Gasteiger partial charge in [-0.05, 0) is 37.5 Å². The summed E-state index contributed by atoms with van der Waals surface area (Å²) in [7, 11) is 0. The molecule has 0 unspecified atom stereocenters. The van der Waals surface area contributed by atoms with Crippen LogP contribution in [0.3, 0.4) is 0 Å². The Kier molecular flexibility index (Phi) is 6.88. The van der Waals surface area contributed by atoms with Gasteiger partial charge >= 0.3 is 0 Å². The van der Waals surface area contributed by atoms with E-state index in [9.17, 15) is 4.79 Å². The van der Waals surface area contributed by atoms with E-state index < -0.39 is 0 Å². The number of halogens is 1. The number of nitrogens with one attached hydrogen (secondary N) is 1. The molecule has 1 aliphatic rings. The summed E-state index contributed by atoms with van der Waals surface area (Å²) in [6.45, 7) is 6.91. The van der Waals surface area contributed by atoms with Crippen LogP contribution < -0.4 is 10.2 Å². The molecule has 1 aromatic heterocycles. The predicted molar refractivity (Wildman–Crippen MR) is 108 cm³/mol. The second kappa shape index (κ2) is 9.35. The summed E-state index contributed by atoms with van der Waals surface area (Å²) in [4.78, 5) is 21.4. The molecule has 1 N–H and O–H groups in total. The Morgan fingerprint density at radius 3 is 2.77 bits per heavy atom. The zero-order valence-electron chi connectivity index (χ0n) is 15.1. The van der Waals surface area contributed by atoms with Crippen LogP contribution in [0.2, 0.25) is 5.02 Å². The Balaban J connectivity index is 1.39. The lowest BCUT2D eigenvalue weighted by Crippen LogP contribution is -2.39. The number of anilines is 1. The highest BCUT2D eigenvalue weighted by atomic mass is 35.5. The number of benzene rings is 1. The number of aromatic nitrogens is 1. The van der Waals surface area contributed by atoms with Gasteiger partial charge in [0.15, 0.2) is 5.13 Å². The summed E-state index contributed by atoms with van der Waals surface area (Å²) in [6, 6.07) is 7.76. The van der Waals surface area contributed by atoms with E-state index in [1.165, 1.54) is 5.56 Å². The molecular weight excluding hydrogens is 368 g/mol. The maximum absolute atomic E-state index is 12.2. The highest BCUT2D eigenvalue weighted by molar-refractivity contribution is 7.13. The molecule has 0 radical (unpaired) electrons. The normalized spacial score (nSPS) is 15.7. The van der Waals surface area contributed by atoms with E-state index in [4.69, 9.17) is 11.6 Å². The van der Waals surface area contributed by atoms with Gasteiger partial charge in [-0.2, -0.15) is 0 Å². The number of hydrogen-bond acceptors (Lipinski definition) is 5. The highest BCUT2D eigenvalue weighted by Gasteiger charge is 2.18. The van der Waals surface area contributed by atoms with Crippen molar-refractivity contribution in [1.29, 1.82) is 0 Å². The van der Waals surface area contributed by atoms with Crippen molar-refractivity contribution in [3.05, 3.63) is 45.9 Å². The van der Waals surface area contributed by atoms with E-state index in [2.05, 4.69) is 25.5 Å². The number of carbonyl (C=O) groups is 1. The zero-order chi connectivity index (χ0) is 18.4. The van der Waals surface area contributed by atoms with E-state index in [1.54, 1.807) is 11.3 Å². The minimum absolute atomic E-state index is 0.0949. The van der Waals surface area contributed by atoms with Crippen molar-refractivity contribution in [2.24, 2.45) is 0 Å². The summed E-state index contributed by atoms with van der Waals surface area (Å²) in [5.74, 6) is 0.0949. The Morgan fingerprint density at radius 1 is 1.23 bits per heavy atom. The maximum Gasteiger partial charge on any atom is 0.234 e. The third kappa shape index (κ3) is 5.69. The van der Waals surface area contributed by atoms with Crippen molar-refractivity contribution >= 4 is 34.0 Å². The first-order chi connectivity index (χ1) is 12.6. The summed E-state index contributed by atoms with van der Waals surface area (Å²) < 4.78 is 0. The number of amides is 1. The molecule has 26 heavy (non-hydrogen) atoms. The Hall–Kier alpha value is -1.63. The van der Waals surface area contributed by atoms with E-state index in [0.717, 1.165) is 54.9 Å². The van der Waals surface area contributed by atoms with E-state index in [0.29, 0.717) is 13.1 Å². The maximum atomic E-state index is 12.2. The molecule has 0 bridgehead atoms. The van der Waals surface area contributed by atoms with Gasteiger partial charge in [0, 0.05) is 43.1 Å². The molecule has 1 aromatic carbocycles. The molecular formula is C19H25ClN4OS. The molecule has 1 aliphatic heterocycles. The predicted octanol–water partition coefficient (Wildman–Crippen LogP) is 2.98. The monoisotopic (exact) mass is 392 g/mol. The van der Waals surface area contributed by atoms with Crippen LogP contribution in [0.5, 0.6) is 0 Å². The van der Waals surface area contributed by atoms with Crippen LogP contribution in [0.25, 0.3) is 0 Å². The van der Waals surface area contributed by atoms with Gasteiger partial charge in [-0.25, -0.2) is 4.98 Å². The quantitative estimate of drug-likeness (QED) is 0.821. The molecule has 0 saturated carbocycles. The van der Waals surface area contributed by atoms with Crippen LogP contribution in [-0.4, -0.2) is 55.1 Å². The molecule has 0 atom stereocenters. The minimum atomic E-state index is 0.0949. The second-order valence-corrected chi connectivity index (χ2v) is 7.89. The van der Waals surface area contributed by atoms with Crippen LogP contribution in [0.4, 0.5) is 5.13 Å². The van der Waals surface area contributed by atoms with Crippen LogP contribution in [0, 0.1) is 6.92 Å². The van der Waals surface area contributed by atoms with E-state index >= 15 is 0 Å². The smallest absolute Gasteiger partial charge is 0.234 e. The molecule has 7 heteroatoms. The first-order valence-corrected chi connectivity index (χ1v) is 10.3. The first-order valence-electron chi connectivity index (χ1n) is 9.01. The topological polar surface area (TPSA) is 48.5 Å². The third-order valence-electron chi connectivity index (χ3n) is 4.48. The summed E-state index contributed by atoms with van der Waals surface area (Å²) in [5, 5.41) is 6.94. The minimum Gasteiger partial charge on any atom is -0.355 e. The lowest BCUT2D eigenvalue weighted by Gasteiger charge is -2.21. The average Bonchev–Trinajstić information content (AvgIpc) is 2.92. The largest absolute Gasteiger partial charge is 0.355 e. The molecule has 5 nitrogen and oxygen atoms in total. The van der Waals surface area contributed by atoms with E-state index in [1.807, 2.05) is 31.2 Å². The molecule has 2 heterocycles. The molecule has 3 rings (SSSR count). The molecule has 1 fully saturated rings. The van der Waals surface area contributed by atoms with E-state index in [-0.39, 0.29) is 5.91 Å². The molecule has 1 amide bonds. The van der Waals surface area contributed by atoms with Crippen molar-refractivity contribution in [2.75, 3.05) is 44.2 Å². The summed E-state index contributed by atoms with van der Waals surface area (Å²) >= 11 is 7.59. The fourth-order valence-corrected chi connectivity index (χ4v) is 4.05. The molecule has 0 spiro atoms. The van der Waals surface area contributed by atoms with Gasteiger partial charge in [-0.3, -0.25) is 9.69 Å². The van der Waals surface area contributed by atoms with Crippen molar-refractivity contribution in [1.82, 2.24) is 15.2 Å². The van der Waals surface area contributed by atoms with Gasteiger partial charge in [-0.1, -0.05) is 23.7 Å². The van der Waals surface area contributed by atoms with Crippen molar-refractivity contribution in [3.8, 4) is 0 Å². The van der Waals surface area contributed by atoms with Gasteiger partial charge in [-0.15, -0.1) is 11.3 Å². The van der Waals surface area contributed by atoms with Crippen molar-refractivity contribution in [3.63, 3.8) is 0 Å². The number of carbonyl (C=O) groups excluding carboxylic acids is 1. The standard InChI is InChI=1S/C19H25ClN4OS/c1-15-14-26-19(22-15)24-10-2-9-23(11-12-24)13-18(25)21-8-7-16-3-5-17(20)6-4-16/h3-6,14H,2,7-13H2,1H3,(H,21,25). The second-order valence-electron chi connectivity index (χ2n) is 6.61. The summed E-state index contributed by atoms with van der Waals surface area (Å²) in [5.41, 5.74) is 2.25. The molecule has 140 valence electrons.